The Morgan fingerprint density at radius 3 is 2.59 bits per heavy atom. The molecule has 6 heteroatoms. The molecule has 1 atom stereocenters. The second-order valence-corrected chi connectivity index (χ2v) is 5.68. The normalized spacial score (nSPS) is 12.5. The van der Waals surface area contributed by atoms with Gasteiger partial charge < -0.3 is 25.6 Å². The number of primary amides is 1. The van der Waals surface area contributed by atoms with E-state index < -0.39 is 11.9 Å². The van der Waals surface area contributed by atoms with Crippen LogP contribution in [-0.2, 0) is 4.79 Å². The van der Waals surface area contributed by atoms with Crippen molar-refractivity contribution < 1.29 is 14.3 Å². The second kappa shape index (κ2) is 6.09. The summed E-state index contributed by atoms with van der Waals surface area (Å²) < 4.78 is 6.94. The van der Waals surface area contributed by atoms with Crippen LogP contribution in [0.4, 0.5) is 5.69 Å². The first-order chi connectivity index (χ1) is 10.4. The van der Waals surface area contributed by atoms with Crippen molar-refractivity contribution in [2.75, 3.05) is 12.8 Å². The van der Waals surface area contributed by atoms with Crippen molar-refractivity contribution in [1.29, 1.82) is 0 Å². The quantitative estimate of drug-likeness (QED) is 0.798. The monoisotopic (exact) mass is 303 g/mol. The van der Waals surface area contributed by atoms with Gasteiger partial charge in [0.05, 0.1) is 29.7 Å². The van der Waals surface area contributed by atoms with Gasteiger partial charge in [0.15, 0.2) is 0 Å². The SMILES string of the molecule is COc1cccc2c1c(N)c(C(N)=O)n2C(C=O)CC(C)C. The highest BCUT2D eigenvalue weighted by Crippen LogP contribution is 2.38. The molecule has 1 aromatic carbocycles. The molecule has 0 saturated carbocycles. The Morgan fingerprint density at radius 2 is 2.09 bits per heavy atom. The van der Waals surface area contributed by atoms with Gasteiger partial charge in [-0.2, -0.15) is 0 Å². The highest BCUT2D eigenvalue weighted by molar-refractivity contribution is 6.10. The van der Waals surface area contributed by atoms with Gasteiger partial charge >= 0.3 is 0 Å². The molecule has 6 nitrogen and oxygen atoms in total. The summed E-state index contributed by atoms with van der Waals surface area (Å²) in [6, 6.07) is 4.84. The third-order valence-electron chi connectivity index (χ3n) is 3.68. The predicted molar refractivity (Wildman–Crippen MR) is 86.0 cm³/mol. The predicted octanol–water partition coefficient (Wildman–Crippen LogP) is 2.12. The number of benzene rings is 1. The minimum absolute atomic E-state index is 0.150. The summed E-state index contributed by atoms with van der Waals surface area (Å²) in [6.07, 6.45) is 1.41. The summed E-state index contributed by atoms with van der Waals surface area (Å²) in [5.74, 6) is 0.164. The Balaban J connectivity index is 2.83. The van der Waals surface area contributed by atoms with Crippen LogP contribution in [0.25, 0.3) is 10.9 Å². The summed E-state index contributed by atoms with van der Waals surface area (Å²) in [4.78, 5) is 23.5. The number of carbonyl (C=O) groups is 2. The maximum absolute atomic E-state index is 11.9. The number of amides is 1. The first-order valence-electron chi connectivity index (χ1n) is 7.13. The molecule has 0 aliphatic rings. The summed E-state index contributed by atoms with van der Waals surface area (Å²) >= 11 is 0. The van der Waals surface area contributed by atoms with Crippen LogP contribution in [-0.4, -0.2) is 23.9 Å². The number of aromatic nitrogens is 1. The molecule has 0 radical (unpaired) electrons. The number of rotatable bonds is 6. The molecule has 2 rings (SSSR count). The number of carbonyl (C=O) groups excluding carboxylic acids is 2. The van der Waals surface area contributed by atoms with Crippen LogP contribution in [0.2, 0.25) is 0 Å². The number of aldehydes is 1. The van der Waals surface area contributed by atoms with Gasteiger partial charge in [-0.15, -0.1) is 0 Å². The van der Waals surface area contributed by atoms with Gasteiger partial charge in [0, 0.05) is 0 Å². The molecule has 1 aromatic heterocycles. The summed E-state index contributed by atoms with van der Waals surface area (Å²) in [5, 5.41) is 0.606. The van der Waals surface area contributed by atoms with E-state index in [0.717, 1.165) is 6.29 Å². The lowest BCUT2D eigenvalue weighted by atomic mass is 10.0. The number of nitrogen functional groups attached to an aromatic ring is 1. The van der Waals surface area contributed by atoms with E-state index in [9.17, 15) is 9.59 Å². The first-order valence-corrected chi connectivity index (χ1v) is 7.13. The number of nitrogens with two attached hydrogens (primary N) is 2. The van der Waals surface area contributed by atoms with Gasteiger partial charge in [0.2, 0.25) is 0 Å². The van der Waals surface area contributed by atoms with Gasteiger partial charge in [-0.3, -0.25) is 4.79 Å². The lowest BCUT2D eigenvalue weighted by Gasteiger charge is -2.18. The first kappa shape index (κ1) is 15.9. The van der Waals surface area contributed by atoms with Gasteiger partial charge in [0.25, 0.3) is 5.91 Å². The van der Waals surface area contributed by atoms with Crippen LogP contribution < -0.4 is 16.2 Å². The Labute approximate surface area is 129 Å². The molecule has 1 amide bonds. The third-order valence-corrected chi connectivity index (χ3v) is 3.68. The molecule has 1 heterocycles. The maximum atomic E-state index is 11.9. The van der Waals surface area contributed by atoms with E-state index >= 15 is 0 Å². The fourth-order valence-corrected chi connectivity index (χ4v) is 2.83. The van der Waals surface area contributed by atoms with E-state index in [-0.39, 0.29) is 17.3 Å². The number of nitrogens with zero attached hydrogens (tertiary/aromatic N) is 1. The Morgan fingerprint density at radius 1 is 1.41 bits per heavy atom. The molecule has 0 bridgehead atoms. The molecule has 2 aromatic rings. The number of anilines is 1. The summed E-state index contributed by atoms with van der Waals surface area (Å²) in [5.41, 5.74) is 12.7. The van der Waals surface area contributed by atoms with Crippen LogP contribution in [0.15, 0.2) is 18.2 Å². The Bertz CT molecular complexity index is 719. The standard InChI is InChI=1S/C16H21N3O3/c1-9(2)7-10(8-20)19-11-5-4-6-12(22-3)13(11)14(17)15(19)16(18)21/h4-6,8-10H,7,17H2,1-3H3,(H2,18,21). The van der Waals surface area contributed by atoms with Crippen LogP contribution in [0.3, 0.4) is 0 Å². The fraction of sp³-hybridized carbons (Fsp3) is 0.375. The molecule has 0 aliphatic carbocycles. The van der Waals surface area contributed by atoms with Crippen molar-refractivity contribution >= 4 is 28.8 Å². The van der Waals surface area contributed by atoms with Gasteiger partial charge in [0.1, 0.15) is 17.7 Å². The summed E-state index contributed by atoms with van der Waals surface area (Å²) in [7, 11) is 1.53. The Kier molecular flexibility index (Phi) is 4.40. The van der Waals surface area contributed by atoms with Crippen molar-refractivity contribution in [3.8, 4) is 5.75 Å². The van der Waals surface area contributed by atoms with E-state index in [1.54, 1.807) is 22.8 Å². The number of ether oxygens (including phenoxy) is 1. The van der Waals surface area contributed by atoms with Crippen LogP contribution in [0, 0.1) is 5.92 Å². The number of fused-ring (bicyclic) bond motifs is 1. The van der Waals surface area contributed by atoms with E-state index in [0.29, 0.717) is 23.1 Å². The molecule has 4 N–H and O–H groups in total. The van der Waals surface area contributed by atoms with E-state index in [1.807, 2.05) is 13.8 Å². The van der Waals surface area contributed by atoms with Gasteiger partial charge in [-0.1, -0.05) is 19.9 Å². The Hall–Kier alpha value is -2.50. The van der Waals surface area contributed by atoms with Gasteiger partial charge in [-0.25, -0.2) is 0 Å². The van der Waals surface area contributed by atoms with E-state index in [2.05, 4.69) is 0 Å². The zero-order chi connectivity index (χ0) is 16.4. The number of hydrogen-bond donors (Lipinski definition) is 2. The third kappa shape index (κ3) is 2.52. The average molecular weight is 303 g/mol. The molecule has 22 heavy (non-hydrogen) atoms. The van der Waals surface area contributed by atoms with Crippen molar-refractivity contribution in [1.82, 2.24) is 4.57 Å². The van der Waals surface area contributed by atoms with Crippen molar-refractivity contribution in [3.63, 3.8) is 0 Å². The molecule has 0 spiro atoms. The van der Waals surface area contributed by atoms with E-state index in [4.69, 9.17) is 16.2 Å². The molecule has 1 unspecified atom stereocenters. The van der Waals surface area contributed by atoms with Crippen LogP contribution in [0.5, 0.6) is 5.75 Å². The van der Waals surface area contributed by atoms with Gasteiger partial charge in [-0.05, 0) is 24.5 Å². The molecule has 0 fully saturated rings. The van der Waals surface area contributed by atoms with Crippen LogP contribution in [0.1, 0.15) is 36.8 Å². The minimum Gasteiger partial charge on any atom is -0.496 e. The topological polar surface area (TPSA) is 100 Å². The largest absolute Gasteiger partial charge is 0.496 e. The second-order valence-electron chi connectivity index (χ2n) is 5.68. The zero-order valence-electron chi connectivity index (χ0n) is 13.0. The lowest BCUT2D eigenvalue weighted by molar-refractivity contribution is -0.110. The van der Waals surface area contributed by atoms with E-state index in [1.165, 1.54) is 7.11 Å². The number of hydrogen-bond acceptors (Lipinski definition) is 4. The fourth-order valence-electron chi connectivity index (χ4n) is 2.83. The molecular formula is C16H21N3O3. The smallest absolute Gasteiger partial charge is 0.267 e. The molecule has 118 valence electrons. The zero-order valence-corrected chi connectivity index (χ0v) is 13.0. The average Bonchev–Trinajstić information content (AvgIpc) is 2.78. The molecule has 0 aliphatic heterocycles. The highest BCUT2D eigenvalue weighted by Gasteiger charge is 2.26. The lowest BCUT2D eigenvalue weighted by Crippen LogP contribution is -2.23. The van der Waals surface area contributed by atoms with Crippen molar-refractivity contribution in [3.05, 3.63) is 23.9 Å². The maximum Gasteiger partial charge on any atom is 0.267 e. The highest BCUT2D eigenvalue weighted by atomic mass is 16.5. The number of methoxy groups -OCH3 is 1. The molecule has 0 saturated heterocycles. The van der Waals surface area contributed by atoms with Crippen LogP contribution >= 0.6 is 0 Å². The molecular weight excluding hydrogens is 282 g/mol. The van der Waals surface area contributed by atoms with Crippen molar-refractivity contribution in [2.24, 2.45) is 11.7 Å². The summed E-state index contributed by atoms with van der Waals surface area (Å²) in [6.45, 7) is 4.02. The minimum atomic E-state index is -0.661. The van der Waals surface area contributed by atoms with Crippen molar-refractivity contribution in [2.45, 2.75) is 26.3 Å².